The van der Waals surface area contributed by atoms with E-state index >= 15 is 0 Å². The van der Waals surface area contributed by atoms with Gasteiger partial charge in [-0.15, -0.1) is 0 Å². The van der Waals surface area contributed by atoms with E-state index in [0.29, 0.717) is 16.5 Å². The number of nitrogens with zero attached hydrogens (tertiary/aromatic N) is 2. The van der Waals surface area contributed by atoms with Crippen LogP contribution in [0.5, 0.6) is 0 Å². The molecule has 2 aromatic rings. The largest absolute Gasteiger partial charge is 0.478 e. The van der Waals surface area contributed by atoms with E-state index in [-0.39, 0.29) is 11.5 Å². The lowest BCUT2D eigenvalue weighted by atomic mass is 10.0. The lowest BCUT2D eigenvalue weighted by Crippen LogP contribution is -2.07. The summed E-state index contributed by atoms with van der Waals surface area (Å²) in [6.45, 7) is 3.10. The quantitative estimate of drug-likeness (QED) is 0.790. The summed E-state index contributed by atoms with van der Waals surface area (Å²) in [7, 11) is 0. The molecule has 0 saturated heterocycles. The monoisotopic (exact) mass is 218 g/mol. The summed E-state index contributed by atoms with van der Waals surface area (Å²) < 4.78 is 1.20. The van der Waals surface area contributed by atoms with Gasteiger partial charge in [0.2, 0.25) is 5.91 Å². The Morgan fingerprint density at radius 3 is 2.62 bits per heavy atom. The van der Waals surface area contributed by atoms with Gasteiger partial charge in [-0.25, -0.2) is 9.48 Å². The molecule has 1 heterocycles. The first-order valence-corrected chi connectivity index (χ1v) is 4.74. The molecule has 16 heavy (non-hydrogen) atoms. The molecule has 1 aromatic heterocycles. The van der Waals surface area contributed by atoms with Gasteiger partial charge in [-0.2, -0.15) is 5.10 Å². The molecule has 0 saturated carbocycles. The first-order chi connectivity index (χ1) is 7.52. The normalized spacial score (nSPS) is 10.6. The Labute approximate surface area is 91.3 Å². The lowest BCUT2D eigenvalue weighted by molar-refractivity contribution is 0.0698. The molecule has 1 aromatic carbocycles. The van der Waals surface area contributed by atoms with E-state index in [1.165, 1.54) is 17.8 Å². The number of hydrogen-bond donors (Lipinski definition) is 1. The molecule has 0 amide bonds. The molecule has 0 atom stereocenters. The number of aromatic nitrogens is 2. The maximum Gasteiger partial charge on any atom is 0.336 e. The van der Waals surface area contributed by atoms with Gasteiger partial charge in [-0.3, -0.25) is 4.79 Å². The van der Waals surface area contributed by atoms with Crippen molar-refractivity contribution in [2.24, 2.45) is 0 Å². The van der Waals surface area contributed by atoms with Crippen molar-refractivity contribution in [2.45, 2.75) is 13.8 Å². The predicted octanol–water partition coefficient (Wildman–Crippen LogP) is 1.70. The number of fused-ring (bicyclic) bond motifs is 1. The maximum atomic E-state index is 11.2. The molecule has 0 fully saturated rings. The van der Waals surface area contributed by atoms with Crippen molar-refractivity contribution >= 4 is 22.8 Å². The Kier molecular flexibility index (Phi) is 2.23. The summed E-state index contributed by atoms with van der Waals surface area (Å²) in [4.78, 5) is 22.3. The molecular weight excluding hydrogens is 208 g/mol. The first kappa shape index (κ1) is 10.4. The number of aromatic carboxylic acids is 1. The number of carboxylic acids is 1. The minimum absolute atomic E-state index is 0.199. The molecule has 2 rings (SSSR count). The Morgan fingerprint density at radius 2 is 2.06 bits per heavy atom. The summed E-state index contributed by atoms with van der Waals surface area (Å²) in [6.07, 6.45) is 1.41. The molecule has 0 spiro atoms. The van der Waals surface area contributed by atoms with Crippen molar-refractivity contribution in [3.05, 3.63) is 29.5 Å². The van der Waals surface area contributed by atoms with Crippen LogP contribution in [0.3, 0.4) is 0 Å². The molecule has 0 unspecified atom stereocenters. The van der Waals surface area contributed by atoms with Crippen LogP contribution >= 0.6 is 0 Å². The Morgan fingerprint density at radius 1 is 1.38 bits per heavy atom. The highest BCUT2D eigenvalue weighted by Gasteiger charge is 2.16. The third-order valence-corrected chi connectivity index (χ3v) is 2.47. The van der Waals surface area contributed by atoms with Crippen LogP contribution in [0, 0.1) is 6.92 Å². The number of carboxylic acid groups (broad SMARTS) is 1. The smallest absolute Gasteiger partial charge is 0.336 e. The molecule has 0 aliphatic heterocycles. The van der Waals surface area contributed by atoms with Gasteiger partial charge in [0, 0.05) is 12.3 Å². The van der Waals surface area contributed by atoms with E-state index in [0.717, 1.165) is 0 Å². The van der Waals surface area contributed by atoms with Crippen LogP contribution in [0.25, 0.3) is 10.9 Å². The standard InChI is InChI=1S/C11H10N2O3/c1-6-3-4-9-8(10(6)11(15)16)5-12-13(9)7(2)14/h3-5H,1-2H3,(H,15,16). The van der Waals surface area contributed by atoms with Crippen LogP contribution in [0.4, 0.5) is 0 Å². The van der Waals surface area contributed by atoms with Crippen molar-refractivity contribution in [1.29, 1.82) is 0 Å². The summed E-state index contributed by atoms with van der Waals surface area (Å²) in [5.41, 5.74) is 1.38. The Balaban J connectivity index is 2.86. The van der Waals surface area contributed by atoms with Gasteiger partial charge >= 0.3 is 5.97 Å². The zero-order valence-electron chi connectivity index (χ0n) is 8.89. The molecule has 0 aliphatic rings. The Bertz CT molecular complexity index is 599. The molecule has 0 radical (unpaired) electrons. The van der Waals surface area contributed by atoms with Crippen molar-refractivity contribution < 1.29 is 14.7 Å². The van der Waals surface area contributed by atoms with Crippen molar-refractivity contribution in [2.75, 3.05) is 0 Å². The number of aryl methyl sites for hydroxylation is 1. The van der Waals surface area contributed by atoms with Gasteiger partial charge in [0.15, 0.2) is 0 Å². The topological polar surface area (TPSA) is 72.2 Å². The van der Waals surface area contributed by atoms with Gasteiger partial charge in [-0.1, -0.05) is 6.07 Å². The highest BCUT2D eigenvalue weighted by Crippen LogP contribution is 2.22. The summed E-state index contributed by atoms with van der Waals surface area (Å²) in [5, 5.41) is 13.5. The predicted molar refractivity (Wildman–Crippen MR) is 57.7 cm³/mol. The van der Waals surface area contributed by atoms with E-state index in [4.69, 9.17) is 5.11 Å². The first-order valence-electron chi connectivity index (χ1n) is 4.74. The molecule has 5 nitrogen and oxygen atoms in total. The highest BCUT2D eigenvalue weighted by molar-refractivity contribution is 6.05. The molecule has 0 aliphatic carbocycles. The second-order valence-corrected chi connectivity index (χ2v) is 3.57. The van der Waals surface area contributed by atoms with Crippen LogP contribution in [0.2, 0.25) is 0 Å². The Hall–Kier alpha value is -2.17. The average Bonchev–Trinajstić information content (AvgIpc) is 2.59. The van der Waals surface area contributed by atoms with Gasteiger partial charge < -0.3 is 5.11 Å². The van der Waals surface area contributed by atoms with E-state index in [1.807, 2.05) is 0 Å². The minimum atomic E-state index is -1.01. The molecular formula is C11H10N2O3. The van der Waals surface area contributed by atoms with Crippen LogP contribution < -0.4 is 0 Å². The number of carbonyl (C=O) groups is 2. The SMILES string of the molecule is CC(=O)n1ncc2c(C(=O)O)c(C)ccc21. The van der Waals surface area contributed by atoms with Crippen LogP contribution in [-0.2, 0) is 0 Å². The molecule has 0 bridgehead atoms. The zero-order valence-corrected chi connectivity index (χ0v) is 8.89. The fourth-order valence-corrected chi connectivity index (χ4v) is 1.75. The van der Waals surface area contributed by atoms with Gasteiger partial charge in [0.05, 0.1) is 17.3 Å². The second kappa shape index (κ2) is 3.44. The molecule has 1 N–H and O–H groups in total. The summed E-state index contributed by atoms with van der Waals surface area (Å²) >= 11 is 0. The van der Waals surface area contributed by atoms with Crippen LogP contribution in [-0.4, -0.2) is 26.8 Å². The van der Waals surface area contributed by atoms with Crippen molar-refractivity contribution in [3.63, 3.8) is 0 Å². The van der Waals surface area contributed by atoms with Gasteiger partial charge in [0.25, 0.3) is 0 Å². The minimum Gasteiger partial charge on any atom is -0.478 e. The second-order valence-electron chi connectivity index (χ2n) is 3.57. The van der Waals surface area contributed by atoms with Crippen LogP contribution in [0.15, 0.2) is 18.3 Å². The zero-order chi connectivity index (χ0) is 11.9. The van der Waals surface area contributed by atoms with Crippen LogP contribution in [0.1, 0.15) is 27.6 Å². The highest BCUT2D eigenvalue weighted by atomic mass is 16.4. The lowest BCUT2D eigenvalue weighted by Gasteiger charge is -2.02. The van der Waals surface area contributed by atoms with E-state index < -0.39 is 5.97 Å². The average molecular weight is 218 g/mol. The molecule has 5 heteroatoms. The third-order valence-electron chi connectivity index (χ3n) is 2.47. The number of hydrogen-bond acceptors (Lipinski definition) is 3. The van der Waals surface area contributed by atoms with Crippen molar-refractivity contribution in [3.8, 4) is 0 Å². The van der Waals surface area contributed by atoms with Gasteiger partial charge in [0.1, 0.15) is 0 Å². The summed E-state index contributed by atoms with van der Waals surface area (Å²) in [6, 6.07) is 3.37. The maximum absolute atomic E-state index is 11.2. The van der Waals surface area contributed by atoms with E-state index in [1.54, 1.807) is 19.1 Å². The van der Waals surface area contributed by atoms with Gasteiger partial charge in [-0.05, 0) is 18.6 Å². The fraction of sp³-hybridized carbons (Fsp3) is 0.182. The fourth-order valence-electron chi connectivity index (χ4n) is 1.75. The number of carbonyl (C=O) groups excluding carboxylic acids is 1. The number of rotatable bonds is 1. The van der Waals surface area contributed by atoms with E-state index in [9.17, 15) is 9.59 Å². The van der Waals surface area contributed by atoms with E-state index in [2.05, 4.69) is 5.10 Å². The third kappa shape index (κ3) is 1.37. The molecule has 82 valence electrons. The summed E-state index contributed by atoms with van der Waals surface area (Å²) in [5.74, 6) is -1.25. The number of benzene rings is 1. The van der Waals surface area contributed by atoms with Crippen molar-refractivity contribution in [1.82, 2.24) is 9.78 Å².